The van der Waals surface area contributed by atoms with Crippen molar-refractivity contribution in [1.82, 2.24) is 19.4 Å². The van der Waals surface area contributed by atoms with E-state index in [1.54, 1.807) is 11.8 Å². The number of likely N-dealkylation sites (tertiary alicyclic amines) is 1. The maximum absolute atomic E-state index is 12.3. The molecule has 0 aromatic carbocycles. The number of amides is 1. The van der Waals surface area contributed by atoms with Gasteiger partial charge < -0.3 is 9.47 Å². The first-order chi connectivity index (χ1) is 11.8. The first-order valence-electron chi connectivity index (χ1n) is 8.45. The summed E-state index contributed by atoms with van der Waals surface area (Å²) in [5.74, 6) is 2.56. The Morgan fingerprint density at radius 2 is 2.25 bits per heavy atom. The van der Waals surface area contributed by atoms with Gasteiger partial charge >= 0.3 is 0 Å². The molecule has 0 spiro atoms. The number of hydrogen-bond acceptors (Lipinski definition) is 4. The second kappa shape index (κ2) is 8.33. The van der Waals surface area contributed by atoms with E-state index in [4.69, 9.17) is 0 Å². The van der Waals surface area contributed by atoms with Gasteiger partial charge in [-0.1, -0.05) is 6.07 Å². The number of carbonyl (C=O) groups is 1. The Balaban J connectivity index is 1.68. The van der Waals surface area contributed by atoms with Gasteiger partial charge in [0.2, 0.25) is 5.91 Å². The van der Waals surface area contributed by atoms with Crippen molar-refractivity contribution >= 4 is 17.7 Å². The highest BCUT2D eigenvalue weighted by atomic mass is 32.2. The summed E-state index contributed by atoms with van der Waals surface area (Å²) in [7, 11) is 0. The third kappa shape index (κ3) is 4.17. The van der Waals surface area contributed by atoms with Crippen molar-refractivity contribution in [3.63, 3.8) is 0 Å². The van der Waals surface area contributed by atoms with Crippen LogP contribution >= 0.6 is 11.8 Å². The Morgan fingerprint density at radius 1 is 1.33 bits per heavy atom. The zero-order valence-electron chi connectivity index (χ0n) is 14.1. The van der Waals surface area contributed by atoms with Gasteiger partial charge in [-0.2, -0.15) is 11.8 Å². The Labute approximate surface area is 147 Å². The average molecular weight is 344 g/mol. The molecule has 0 N–H and O–H groups in total. The fraction of sp³-hybridized carbons (Fsp3) is 0.500. The summed E-state index contributed by atoms with van der Waals surface area (Å²) in [6.45, 7) is 2.39. The lowest BCUT2D eigenvalue weighted by Crippen LogP contribution is -2.40. The van der Waals surface area contributed by atoms with Crippen LogP contribution in [0.15, 0.2) is 36.8 Å². The minimum atomic E-state index is 0.275. The van der Waals surface area contributed by atoms with Crippen LogP contribution in [-0.4, -0.2) is 50.4 Å². The summed E-state index contributed by atoms with van der Waals surface area (Å²) in [5, 5.41) is 0. The number of hydrogen-bond donors (Lipinski definition) is 0. The average Bonchev–Trinajstić information content (AvgIpc) is 3.09. The normalized spacial score (nSPS) is 17.9. The van der Waals surface area contributed by atoms with Crippen molar-refractivity contribution in [2.24, 2.45) is 0 Å². The molecule has 3 rings (SSSR count). The molecule has 0 unspecified atom stereocenters. The fourth-order valence-corrected chi connectivity index (χ4v) is 3.62. The molecular weight excluding hydrogens is 320 g/mol. The number of aromatic nitrogens is 3. The van der Waals surface area contributed by atoms with Gasteiger partial charge in [0.1, 0.15) is 5.82 Å². The molecule has 1 fully saturated rings. The maximum atomic E-state index is 12.3. The standard InChI is InChI=1S/C18H24N4OS/c1-24-12-7-17(23)21-10-4-5-15(13-21)18-20-9-11-22(18)14-16-6-2-3-8-19-16/h2-3,6,8-9,11,15H,4-5,7,10,12-14H2,1H3/t15-/m1/s1. The SMILES string of the molecule is CSCCC(=O)N1CCC[C@@H](c2nccn2Cc2ccccn2)C1. The topological polar surface area (TPSA) is 51.0 Å². The van der Waals surface area contributed by atoms with Crippen LogP contribution < -0.4 is 0 Å². The van der Waals surface area contributed by atoms with Crippen LogP contribution in [0.3, 0.4) is 0 Å². The van der Waals surface area contributed by atoms with Gasteiger partial charge in [0.05, 0.1) is 12.2 Å². The molecule has 2 aromatic rings. The Bertz CT molecular complexity index is 658. The molecule has 1 aliphatic rings. The highest BCUT2D eigenvalue weighted by Crippen LogP contribution is 2.26. The van der Waals surface area contributed by atoms with Crippen molar-refractivity contribution in [2.75, 3.05) is 25.1 Å². The summed E-state index contributed by atoms with van der Waals surface area (Å²) in [6.07, 6.45) is 10.5. The van der Waals surface area contributed by atoms with Gasteiger partial charge in [-0.05, 0) is 31.2 Å². The molecule has 1 atom stereocenters. The quantitative estimate of drug-likeness (QED) is 0.808. The molecule has 1 aliphatic heterocycles. The van der Waals surface area contributed by atoms with Crippen LogP contribution in [-0.2, 0) is 11.3 Å². The lowest BCUT2D eigenvalue weighted by Gasteiger charge is -2.32. The van der Waals surface area contributed by atoms with E-state index >= 15 is 0 Å². The molecule has 6 heteroatoms. The number of piperidine rings is 1. The maximum Gasteiger partial charge on any atom is 0.223 e. The fourth-order valence-electron chi connectivity index (χ4n) is 3.24. The summed E-state index contributed by atoms with van der Waals surface area (Å²) in [6, 6.07) is 5.96. The largest absolute Gasteiger partial charge is 0.342 e. The van der Waals surface area contributed by atoms with Crippen molar-refractivity contribution in [2.45, 2.75) is 31.7 Å². The lowest BCUT2D eigenvalue weighted by molar-refractivity contribution is -0.132. The molecule has 24 heavy (non-hydrogen) atoms. The molecule has 1 amide bonds. The van der Waals surface area contributed by atoms with Crippen molar-refractivity contribution in [3.05, 3.63) is 48.3 Å². The highest BCUT2D eigenvalue weighted by Gasteiger charge is 2.27. The Morgan fingerprint density at radius 3 is 3.04 bits per heavy atom. The van der Waals surface area contributed by atoms with E-state index in [9.17, 15) is 4.79 Å². The summed E-state index contributed by atoms with van der Waals surface area (Å²) >= 11 is 1.73. The number of thioether (sulfide) groups is 1. The summed E-state index contributed by atoms with van der Waals surface area (Å²) < 4.78 is 2.17. The molecule has 3 heterocycles. The Hall–Kier alpha value is -1.82. The number of rotatable bonds is 6. The number of carbonyl (C=O) groups excluding carboxylic acids is 1. The predicted octanol–water partition coefficient (Wildman–Crippen LogP) is 2.79. The molecular formula is C18H24N4OS. The first-order valence-corrected chi connectivity index (χ1v) is 9.85. The van der Waals surface area contributed by atoms with E-state index < -0.39 is 0 Å². The number of imidazole rings is 1. The zero-order valence-corrected chi connectivity index (χ0v) is 14.9. The Kier molecular flexibility index (Phi) is 5.91. The monoisotopic (exact) mass is 344 g/mol. The highest BCUT2D eigenvalue weighted by molar-refractivity contribution is 7.98. The minimum Gasteiger partial charge on any atom is -0.342 e. The lowest BCUT2D eigenvalue weighted by atomic mass is 9.97. The van der Waals surface area contributed by atoms with Crippen LogP contribution in [0.5, 0.6) is 0 Å². The summed E-state index contributed by atoms with van der Waals surface area (Å²) in [4.78, 5) is 23.3. The third-order valence-electron chi connectivity index (χ3n) is 4.47. The van der Waals surface area contributed by atoms with Crippen LogP contribution in [0.1, 0.15) is 36.7 Å². The van der Waals surface area contributed by atoms with E-state index in [0.717, 1.165) is 49.7 Å². The van der Waals surface area contributed by atoms with Gasteiger partial charge in [0.15, 0.2) is 0 Å². The molecule has 0 bridgehead atoms. The van der Waals surface area contributed by atoms with E-state index in [0.29, 0.717) is 12.3 Å². The molecule has 1 saturated heterocycles. The second-order valence-corrected chi connectivity index (χ2v) is 7.14. The van der Waals surface area contributed by atoms with Crippen LogP contribution in [0.4, 0.5) is 0 Å². The number of nitrogens with zero attached hydrogens (tertiary/aromatic N) is 4. The van der Waals surface area contributed by atoms with Gasteiger partial charge in [-0.25, -0.2) is 4.98 Å². The van der Waals surface area contributed by atoms with E-state index in [1.165, 1.54) is 0 Å². The minimum absolute atomic E-state index is 0.275. The van der Waals surface area contributed by atoms with Crippen molar-refractivity contribution < 1.29 is 4.79 Å². The van der Waals surface area contributed by atoms with Gasteiger partial charge in [-0.15, -0.1) is 0 Å². The molecule has 128 valence electrons. The third-order valence-corrected chi connectivity index (χ3v) is 5.08. The molecule has 2 aromatic heterocycles. The number of pyridine rings is 1. The zero-order chi connectivity index (χ0) is 16.8. The van der Waals surface area contributed by atoms with Crippen LogP contribution in [0.25, 0.3) is 0 Å². The first kappa shape index (κ1) is 17.0. The van der Waals surface area contributed by atoms with Crippen LogP contribution in [0.2, 0.25) is 0 Å². The van der Waals surface area contributed by atoms with Crippen molar-refractivity contribution in [1.29, 1.82) is 0 Å². The van der Waals surface area contributed by atoms with Crippen molar-refractivity contribution in [3.8, 4) is 0 Å². The van der Waals surface area contributed by atoms with E-state index in [2.05, 4.69) is 14.5 Å². The molecule has 0 radical (unpaired) electrons. The van der Waals surface area contributed by atoms with Gasteiger partial charge in [0, 0.05) is 49.8 Å². The summed E-state index contributed by atoms with van der Waals surface area (Å²) in [5.41, 5.74) is 1.03. The second-order valence-electron chi connectivity index (χ2n) is 6.16. The molecule has 5 nitrogen and oxygen atoms in total. The molecule has 0 aliphatic carbocycles. The predicted molar refractivity (Wildman–Crippen MR) is 97.1 cm³/mol. The van der Waals surface area contributed by atoms with E-state index in [-0.39, 0.29) is 5.91 Å². The smallest absolute Gasteiger partial charge is 0.223 e. The van der Waals surface area contributed by atoms with E-state index in [1.807, 2.05) is 47.9 Å². The van der Waals surface area contributed by atoms with Gasteiger partial charge in [0.25, 0.3) is 0 Å². The molecule has 0 saturated carbocycles. The van der Waals surface area contributed by atoms with Gasteiger partial charge in [-0.3, -0.25) is 9.78 Å². The van der Waals surface area contributed by atoms with Crippen LogP contribution in [0, 0.1) is 0 Å².